The molecule has 0 bridgehead atoms. The molecule has 0 fully saturated rings. The molecule has 0 saturated carbocycles. The predicted molar refractivity (Wildman–Crippen MR) is 70.4 cm³/mol. The van der Waals surface area contributed by atoms with Gasteiger partial charge in [-0.2, -0.15) is 0 Å². The largest absolute Gasteiger partial charge is 0.478 e. The van der Waals surface area contributed by atoms with Crippen LogP contribution >= 0.6 is 0 Å². The lowest BCUT2D eigenvalue weighted by Gasteiger charge is -2.19. The van der Waals surface area contributed by atoms with Crippen molar-refractivity contribution >= 4 is 17.3 Å². The fourth-order valence-corrected chi connectivity index (χ4v) is 1.43. The molecule has 4 nitrogen and oxygen atoms in total. The van der Waals surface area contributed by atoms with E-state index in [-0.39, 0.29) is 11.0 Å². The third-order valence-electron chi connectivity index (χ3n) is 2.49. The van der Waals surface area contributed by atoms with Gasteiger partial charge in [-0.15, -0.1) is 0 Å². The first-order valence-electron chi connectivity index (χ1n) is 5.66. The second kappa shape index (κ2) is 5.08. The molecule has 0 atom stereocenters. The summed E-state index contributed by atoms with van der Waals surface area (Å²) in [4.78, 5) is 10.7. The van der Waals surface area contributed by atoms with Crippen molar-refractivity contribution in [2.75, 3.05) is 17.6 Å². The van der Waals surface area contributed by atoms with Crippen LogP contribution in [0.3, 0.4) is 0 Å². The summed E-state index contributed by atoms with van der Waals surface area (Å²) in [5.74, 6) is -0.960. The molecule has 4 N–H and O–H groups in total. The summed E-state index contributed by atoms with van der Waals surface area (Å²) in [6.45, 7) is 7.34. The maximum atomic E-state index is 10.7. The lowest BCUT2D eigenvalue weighted by atomic mass is 9.92. The fourth-order valence-electron chi connectivity index (χ4n) is 1.43. The van der Waals surface area contributed by atoms with Crippen LogP contribution in [0.25, 0.3) is 0 Å². The van der Waals surface area contributed by atoms with Crippen LogP contribution in [0.2, 0.25) is 0 Å². The minimum Gasteiger partial charge on any atom is -0.478 e. The van der Waals surface area contributed by atoms with Gasteiger partial charge >= 0.3 is 5.97 Å². The molecule has 0 saturated heterocycles. The number of nitrogens with two attached hydrogens (primary N) is 1. The van der Waals surface area contributed by atoms with Gasteiger partial charge in [-0.3, -0.25) is 0 Å². The number of carboxylic acids is 1. The van der Waals surface area contributed by atoms with Crippen molar-refractivity contribution in [2.24, 2.45) is 5.41 Å². The van der Waals surface area contributed by atoms with Gasteiger partial charge in [0, 0.05) is 6.54 Å². The number of hydrogen-bond acceptors (Lipinski definition) is 3. The van der Waals surface area contributed by atoms with Gasteiger partial charge in [0.15, 0.2) is 0 Å². The number of nitrogens with one attached hydrogen (secondary N) is 1. The minimum absolute atomic E-state index is 0.212. The zero-order valence-corrected chi connectivity index (χ0v) is 10.6. The van der Waals surface area contributed by atoms with Crippen LogP contribution in [-0.2, 0) is 0 Å². The van der Waals surface area contributed by atoms with Crippen LogP contribution in [0, 0.1) is 5.41 Å². The number of nitrogen functional groups attached to an aromatic ring is 1. The van der Waals surface area contributed by atoms with Crippen molar-refractivity contribution < 1.29 is 9.90 Å². The molecule has 0 aliphatic heterocycles. The average molecular weight is 236 g/mol. The van der Waals surface area contributed by atoms with E-state index in [1.54, 1.807) is 12.1 Å². The van der Waals surface area contributed by atoms with E-state index < -0.39 is 5.97 Å². The molecule has 0 unspecified atom stereocenters. The molecule has 1 aromatic carbocycles. The minimum atomic E-state index is -0.960. The second-order valence-corrected chi connectivity index (χ2v) is 5.34. The highest BCUT2D eigenvalue weighted by Crippen LogP contribution is 2.22. The van der Waals surface area contributed by atoms with E-state index in [4.69, 9.17) is 10.8 Å². The number of benzene rings is 1. The molecular weight excluding hydrogens is 216 g/mol. The molecule has 0 heterocycles. The van der Waals surface area contributed by atoms with Crippen molar-refractivity contribution in [2.45, 2.75) is 27.2 Å². The lowest BCUT2D eigenvalue weighted by molar-refractivity contribution is 0.0697. The van der Waals surface area contributed by atoms with Gasteiger partial charge in [-0.05, 0) is 30.0 Å². The van der Waals surface area contributed by atoms with Gasteiger partial charge in [-0.25, -0.2) is 4.79 Å². The highest BCUT2D eigenvalue weighted by atomic mass is 16.4. The molecule has 0 aliphatic rings. The van der Waals surface area contributed by atoms with E-state index in [9.17, 15) is 4.79 Å². The number of aromatic carboxylic acids is 1. The summed E-state index contributed by atoms with van der Waals surface area (Å²) in [5, 5.41) is 12.0. The number of carboxylic acid groups (broad SMARTS) is 1. The van der Waals surface area contributed by atoms with Crippen molar-refractivity contribution in [3.05, 3.63) is 23.8 Å². The molecule has 0 amide bonds. The van der Waals surface area contributed by atoms with Crippen molar-refractivity contribution in [1.82, 2.24) is 0 Å². The lowest BCUT2D eigenvalue weighted by Crippen LogP contribution is -2.13. The quantitative estimate of drug-likeness (QED) is 0.703. The maximum Gasteiger partial charge on any atom is 0.335 e. The average Bonchev–Trinajstić information content (AvgIpc) is 2.18. The van der Waals surface area contributed by atoms with Crippen LogP contribution in [0.5, 0.6) is 0 Å². The van der Waals surface area contributed by atoms with E-state index in [0.29, 0.717) is 5.69 Å². The summed E-state index contributed by atoms with van der Waals surface area (Å²) in [7, 11) is 0. The highest BCUT2D eigenvalue weighted by molar-refractivity contribution is 5.90. The molecule has 1 rings (SSSR count). The van der Waals surface area contributed by atoms with E-state index in [2.05, 4.69) is 26.1 Å². The van der Waals surface area contributed by atoms with Crippen LogP contribution in [-0.4, -0.2) is 17.6 Å². The first kappa shape index (κ1) is 13.4. The standard InChI is InChI=1S/C13H20N2O2/c1-13(2,3)6-7-15-11-5-4-9(12(16)17)8-10(11)14/h4-5,8,15H,6-7,14H2,1-3H3,(H,16,17). The molecule has 4 heteroatoms. The number of hydrogen-bond donors (Lipinski definition) is 3. The maximum absolute atomic E-state index is 10.7. The molecule has 0 aliphatic carbocycles. The topological polar surface area (TPSA) is 75.3 Å². The fraction of sp³-hybridized carbons (Fsp3) is 0.462. The van der Waals surface area contributed by atoms with Gasteiger partial charge < -0.3 is 16.2 Å². The molecule has 0 spiro atoms. The molecule has 94 valence electrons. The Kier molecular flexibility index (Phi) is 3.99. The summed E-state index contributed by atoms with van der Waals surface area (Å²) in [6.07, 6.45) is 1.02. The monoisotopic (exact) mass is 236 g/mol. The Morgan fingerprint density at radius 3 is 2.53 bits per heavy atom. The molecule has 1 aromatic rings. The van der Waals surface area contributed by atoms with E-state index in [0.717, 1.165) is 18.7 Å². The van der Waals surface area contributed by atoms with Gasteiger partial charge in [0.2, 0.25) is 0 Å². The van der Waals surface area contributed by atoms with Crippen LogP contribution in [0.4, 0.5) is 11.4 Å². The van der Waals surface area contributed by atoms with Gasteiger partial charge in [0.25, 0.3) is 0 Å². The number of carbonyl (C=O) groups is 1. The Hall–Kier alpha value is -1.71. The zero-order valence-electron chi connectivity index (χ0n) is 10.6. The van der Waals surface area contributed by atoms with Gasteiger partial charge in [0.1, 0.15) is 0 Å². The third-order valence-corrected chi connectivity index (χ3v) is 2.49. The van der Waals surface area contributed by atoms with Gasteiger partial charge in [-0.1, -0.05) is 20.8 Å². The summed E-state index contributed by atoms with van der Waals surface area (Å²) < 4.78 is 0. The zero-order chi connectivity index (χ0) is 13.1. The summed E-state index contributed by atoms with van der Waals surface area (Å²) in [5.41, 5.74) is 7.52. The Labute approximate surface area is 102 Å². The second-order valence-electron chi connectivity index (χ2n) is 5.34. The van der Waals surface area contributed by atoms with Crippen LogP contribution in [0.15, 0.2) is 18.2 Å². The Morgan fingerprint density at radius 2 is 2.06 bits per heavy atom. The molecule has 0 radical (unpaired) electrons. The Morgan fingerprint density at radius 1 is 1.41 bits per heavy atom. The smallest absolute Gasteiger partial charge is 0.335 e. The molecule has 0 aromatic heterocycles. The molecular formula is C13H20N2O2. The van der Waals surface area contributed by atoms with Gasteiger partial charge in [0.05, 0.1) is 16.9 Å². The van der Waals surface area contributed by atoms with Crippen LogP contribution in [0.1, 0.15) is 37.6 Å². The predicted octanol–water partition coefficient (Wildman–Crippen LogP) is 2.82. The third kappa shape index (κ3) is 4.34. The summed E-state index contributed by atoms with van der Waals surface area (Å²) >= 11 is 0. The number of rotatable bonds is 4. The highest BCUT2D eigenvalue weighted by Gasteiger charge is 2.10. The Balaban J connectivity index is 2.64. The first-order valence-corrected chi connectivity index (χ1v) is 5.66. The van der Waals surface area contributed by atoms with E-state index >= 15 is 0 Å². The normalized spacial score (nSPS) is 11.2. The SMILES string of the molecule is CC(C)(C)CCNc1ccc(C(=O)O)cc1N. The Bertz CT molecular complexity index is 408. The van der Waals surface area contributed by atoms with Crippen molar-refractivity contribution in [3.8, 4) is 0 Å². The molecule has 17 heavy (non-hydrogen) atoms. The van der Waals surface area contributed by atoms with Crippen molar-refractivity contribution in [3.63, 3.8) is 0 Å². The number of anilines is 2. The summed E-state index contributed by atoms with van der Waals surface area (Å²) in [6, 6.07) is 4.74. The van der Waals surface area contributed by atoms with Crippen LogP contribution < -0.4 is 11.1 Å². The van der Waals surface area contributed by atoms with Crippen molar-refractivity contribution in [1.29, 1.82) is 0 Å². The first-order chi connectivity index (χ1) is 7.79. The van der Waals surface area contributed by atoms with E-state index in [1.165, 1.54) is 6.07 Å². The van der Waals surface area contributed by atoms with E-state index in [1.807, 2.05) is 0 Å².